The molecule has 0 saturated carbocycles. The lowest BCUT2D eigenvalue weighted by atomic mass is 10.2. The van der Waals surface area contributed by atoms with Crippen molar-refractivity contribution in [3.05, 3.63) is 60.2 Å². The lowest BCUT2D eigenvalue weighted by Gasteiger charge is -2.06. The second kappa shape index (κ2) is 8.11. The molecule has 0 atom stereocenters. The molecule has 0 spiro atoms. The predicted octanol–water partition coefficient (Wildman–Crippen LogP) is 3.01. The molecule has 0 aliphatic carbocycles. The summed E-state index contributed by atoms with van der Waals surface area (Å²) in [6, 6.07) is 12.4. The smallest absolute Gasteiger partial charge is 0.344 e. The zero-order valence-corrected chi connectivity index (χ0v) is 13.8. The van der Waals surface area contributed by atoms with Crippen LogP contribution in [0.4, 0.5) is 4.39 Å². The van der Waals surface area contributed by atoms with E-state index in [1.54, 1.807) is 31.4 Å². The minimum absolute atomic E-state index is 0.127. The van der Waals surface area contributed by atoms with E-state index in [-0.39, 0.29) is 30.7 Å². The van der Waals surface area contributed by atoms with Gasteiger partial charge in [-0.15, -0.1) is 0 Å². The Hall–Kier alpha value is -3.42. The van der Waals surface area contributed by atoms with Gasteiger partial charge in [-0.3, -0.25) is 0 Å². The van der Waals surface area contributed by atoms with Crippen LogP contribution in [-0.2, 0) is 16.1 Å². The number of esters is 1. The summed E-state index contributed by atoms with van der Waals surface area (Å²) in [7, 11) is 1.56. The maximum atomic E-state index is 12.9. The molecule has 7 nitrogen and oxygen atoms in total. The van der Waals surface area contributed by atoms with E-state index in [0.717, 1.165) is 0 Å². The lowest BCUT2D eigenvalue weighted by molar-refractivity contribution is -0.148. The van der Waals surface area contributed by atoms with Crippen molar-refractivity contribution in [3.8, 4) is 22.9 Å². The van der Waals surface area contributed by atoms with Gasteiger partial charge in [0.05, 0.1) is 7.11 Å². The third-order valence-corrected chi connectivity index (χ3v) is 3.34. The number of benzene rings is 2. The van der Waals surface area contributed by atoms with E-state index in [2.05, 4.69) is 10.1 Å². The van der Waals surface area contributed by atoms with Crippen LogP contribution in [0.25, 0.3) is 11.4 Å². The van der Waals surface area contributed by atoms with Crippen LogP contribution in [0, 0.1) is 5.82 Å². The lowest BCUT2D eigenvalue weighted by Crippen LogP contribution is -2.14. The zero-order valence-electron chi connectivity index (χ0n) is 13.8. The van der Waals surface area contributed by atoms with Crippen molar-refractivity contribution < 1.29 is 27.9 Å². The van der Waals surface area contributed by atoms with Gasteiger partial charge in [0.2, 0.25) is 5.82 Å². The van der Waals surface area contributed by atoms with Crippen LogP contribution in [-0.4, -0.2) is 29.8 Å². The Morgan fingerprint density at radius 3 is 2.46 bits per heavy atom. The van der Waals surface area contributed by atoms with Gasteiger partial charge in [-0.2, -0.15) is 4.98 Å². The number of carbonyl (C=O) groups excluding carboxylic acids is 1. The van der Waals surface area contributed by atoms with Crippen LogP contribution < -0.4 is 9.47 Å². The van der Waals surface area contributed by atoms with Crippen LogP contribution in [0.15, 0.2) is 53.1 Å². The fourth-order valence-corrected chi connectivity index (χ4v) is 2.03. The van der Waals surface area contributed by atoms with Crippen LogP contribution in [0.3, 0.4) is 0 Å². The Balaban J connectivity index is 1.47. The van der Waals surface area contributed by atoms with Crippen LogP contribution in [0.1, 0.15) is 5.89 Å². The molecular weight excluding hydrogens is 343 g/mol. The molecule has 0 aliphatic heterocycles. The van der Waals surface area contributed by atoms with E-state index < -0.39 is 5.97 Å². The van der Waals surface area contributed by atoms with Crippen molar-refractivity contribution in [1.82, 2.24) is 10.1 Å². The number of carbonyl (C=O) groups is 1. The highest BCUT2D eigenvalue weighted by Gasteiger charge is 2.12. The Kier molecular flexibility index (Phi) is 5.43. The Bertz CT molecular complexity index is 862. The quantitative estimate of drug-likeness (QED) is 0.600. The maximum Gasteiger partial charge on any atom is 0.344 e. The molecule has 0 saturated heterocycles. The van der Waals surface area contributed by atoms with Crippen molar-refractivity contribution in [3.63, 3.8) is 0 Å². The first kappa shape index (κ1) is 17.4. The van der Waals surface area contributed by atoms with Crippen molar-refractivity contribution in [2.75, 3.05) is 13.7 Å². The van der Waals surface area contributed by atoms with E-state index in [9.17, 15) is 9.18 Å². The van der Waals surface area contributed by atoms with Crippen LogP contribution >= 0.6 is 0 Å². The average molecular weight is 358 g/mol. The summed E-state index contributed by atoms with van der Waals surface area (Å²) in [5.41, 5.74) is 0.593. The van der Waals surface area contributed by atoms with Crippen molar-refractivity contribution in [2.24, 2.45) is 0 Å². The molecule has 0 bridgehead atoms. The van der Waals surface area contributed by atoms with Crippen LogP contribution in [0.2, 0.25) is 0 Å². The van der Waals surface area contributed by atoms with Gasteiger partial charge in [0, 0.05) is 5.56 Å². The fraction of sp³-hybridized carbons (Fsp3) is 0.167. The zero-order chi connectivity index (χ0) is 18.4. The second-order valence-corrected chi connectivity index (χ2v) is 5.14. The molecule has 134 valence electrons. The molecule has 8 heteroatoms. The molecule has 3 aromatic rings. The number of hydrogen-bond donors (Lipinski definition) is 0. The topological polar surface area (TPSA) is 83.7 Å². The molecule has 3 rings (SSSR count). The monoisotopic (exact) mass is 358 g/mol. The normalized spacial score (nSPS) is 10.4. The number of aromatic nitrogens is 2. The molecular formula is C18H15FN2O5. The van der Waals surface area contributed by atoms with Gasteiger partial charge >= 0.3 is 5.97 Å². The first-order valence-corrected chi connectivity index (χ1v) is 7.65. The summed E-state index contributed by atoms with van der Waals surface area (Å²) in [4.78, 5) is 15.8. The van der Waals surface area contributed by atoms with Gasteiger partial charge in [0.15, 0.2) is 13.2 Å². The van der Waals surface area contributed by atoms with E-state index in [1.807, 2.05) is 0 Å². The molecule has 0 N–H and O–H groups in total. The molecule has 0 fully saturated rings. The highest BCUT2D eigenvalue weighted by Crippen LogP contribution is 2.18. The maximum absolute atomic E-state index is 12.9. The molecule has 26 heavy (non-hydrogen) atoms. The molecule has 1 heterocycles. The Morgan fingerprint density at radius 2 is 1.77 bits per heavy atom. The van der Waals surface area contributed by atoms with E-state index in [4.69, 9.17) is 18.7 Å². The summed E-state index contributed by atoms with van der Waals surface area (Å²) in [6.07, 6.45) is 0. The van der Waals surface area contributed by atoms with Gasteiger partial charge in [-0.1, -0.05) is 5.16 Å². The molecule has 2 aromatic carbocycles. The van der Waals surface area contributed by atoms with Crippen LogP contribution in [0.5, 0.6) is 11.5 Å². The SMILES string of the molecule is COc1ccc(OCC(=O)OCc2nc(-c3ccc(F)cc3)no2)cc1. The highest BCUT2D eigenvalue weighted by molar-refractivity contribution is 5.71. The number of rotatable bonds is 7. The van der Waals surface area contributed by atoms with Crippen molar-refractivity contribution in [2.45, 2.75) is 6.61 Å². The molecule has 0 aliphatic rings. The van der Waals surface area contributed by atoms with E-state index >= 15 is 0 Å². The number of halogens is 1. The third kappa shape index (κ3) is 4.56. The Morgan fingerprint density at radius 1 is 1.08 bits per heavy atom. The van der Waals surface area contributed by atoms with E-state index in [0.29, 0.717) is 17.1 Å². The van der Waals surface area contributed by atoms with Gasteiger partial charge < -0.3 is 18.7 Å². The molecule has 0 radical (unpaired) electrons. The fourth-order valence-electron chi connectivity index (χ4n) is 2.03. The minimum atomic E-state index is -0.581. The largest absolute Gasteiger partial charge is 0.497 e. The standard InChI is InChI=1S/C18H15FN2O5/c1-23-14-6-8-15(9-7-14)24-11-17(22)25-10-16-20-18(21-26-16)12-2-4-13(19)5-3-12/h2-9H,10-11H2,1H3. The number of hydrogen-bond acceptors (Lipinski definition) is 7. The summed E-state index contributed by atoms with van der Waals surface area (Å²) in [5.74, 6) is 0.672. The summed E-state index contributed by atoms with van der Waals surface area (Å²) >= 11 is 0. The summed E-state index contributed by atoms with van der Waals surface area (Å²) in [6.45, 7) is -0.440. The number of ether oxygens (including phenoxy) is 3. The van der Waals surface area contributed by atoms with Gasteiger partial charge in [0.25, 0.3) is 5.89 Å². The Labute approximate surface area is 148 Å². The van der Waals surface area contributed by atoms with Gasteiger partial charge in [-0.25, -0.2) is 9.18 Å². The van der Waals surface area contributed by atoms with Crippen molar-refractivity contribution in [1.29, 1.82) is 0 Å². The number of nitrogens with zero attached hydrogens (tertiary/aromatic N) is 2. The molecule has 0 unspecified atom stereocenters. The van der Waals surface area contributed by atoms with Crippen molar-refractivity contribution >= 4 is 5.97 Å². The van der Waals surface area contributed by atoms with Gasteiger partial charge in [-0.05, 0) is 48.5 Å². The summed E-state index contributed by atoms with van der Waals surface area (Å²) < 4.78 is 33.3. The van der Waals surface area contributed by atoms with Gasteiger partial charge in [0.1, 0.15) is 17.3 Å². The second-order valence-electron chi connectivity index (χ2n) is 5.14. The predicted molar refractivity (Wildman–Crippen MR) is 88.0 cm³/mol. The third-order valence-electron chi connectivity index (χ3n) is 3.34. The average Bonchev–Trinajstić information content (AvgIpc) is 3.14. The minimum Gasteiger partial charge on any atom is -0.497 e. The molecule has 1 aromatic heterocycles. The summed E-state index contributed by atoms with van der Waals surface area (Å²) in [5, 5.41) is 3.76. The molecule has 0 amide bonds. The number of methoxy groups -OCH3 is 1. The highest BCUT2D eigenvalue weighted by atomic mass is 19.1. The first-order chi connectivity index (χ1) is 12.6. The first-order valence-electron chi connectivity index (χ1n) is 7.65. The van der Waals surface area contributed by atoms with E-state index in [1.165, 1.54) is 24.3 Å².